The highest BCUT2D eigenvalue weighted by Crippen LogP contribution is 2.19. The van der Waals surface area contributed by atoms with Gasteiger partial charge in [0.1, 0.15) is 8.07 Å². The topological polar surface area (TPSA) is 24.9 Å². The number of rotatable bonds is 3. The van der Waals surface area contributed by atoms with Crippen LogP contribution in [0.2, 0.25) is 19.6 Å². The second-order valence-corrected chi connectivity index (χ2v) is 10.9. The lowest BCUT2D eigenvalue weighted by Gasteiger charge is -2.06. The minimum Gasteiger partial charge on any atom is -0.308 e. The molecule has 1 fully saturated rings. The van der Waals surface area contributed by atoms with Gasteiger partial charge in [0.15, 0.2) is 0 Å². The third-order valence-electron chi connectivity index (χ3n) is 2.89. The van der Waals surface area contributed by atoms with Crippen LogP contribution >= 0.6 is 0 Å². The predicted octanol–water partition coefficient (Wildman–Crippen LogP) is 2.87. The molecule has 1 N–H and O–H groups in total. The fraction of sp³-hybridized carbons (Fsp3) is 0.533. The Morgan fingerprint density at radius 2 is 2.11 bits per heavy atom. The highest BCUT2D eigenvalue weighted by Gasteiger charge is 2.20. The summed E-state index contributed by atoms with van der Waals surface area (Å²) in [6.07, 6.45) is 4.56. The molecular formula is C15H22N2Si. The molecule has 0 spiro atoms. The zero-order valence-corrected chi connectivity index (χ0v) is 12.8. The first kappa shape index (κ1) is 13.3. The largest absolute Gasteiger partial charge is 0.308 e. The van der Waals surface area contributed by atoms with Crippen molar-refractivity contribution in [3.63, 3.8) is 0 Å². The van der Waals surface area contributed by atoms with E-state index in [1.54, 1.807) is 0 Å². The van der Waals surface area contributed by atoms with Crippen molar-refractivity contribution in [3.05, 3.63) is 29.1 Å². The third-order valence-corrected chi connectivity index (χ3v) is 3.76. The zero-order chi connectivity index (χ0) is 13.2. The average molecular weight is 258 g/mol. The number of nitrogens with zero attached hydrogens (tertiary/aromatic N) is 1. The Balaban J connectivity index is 2.05. The Morgan fingerprint density at radius 1 is 1.39 bits per heavy atom. The molecule has 0 atom stereocenters. The van der Waals surface area contributed by atoms with Crippen molar-refractivity contribution in [1.29, 1.82) is 0 Å². The maximum atomic E-state index is 4.49. The van der Waals surface area contributed by atoms with E-state index < -0.39 is 8.07 Å². The van der Waals surface area contributed by atoms with Gasteiger partial charge in [0.2, 0.25) is 0 Å². The first-order valence-corrected chi connectivity index (χ1v) is 10.2. The molecule has 1 aromatic rings. The second kappa shape index (κ2) is 5.25. The van der Waals surface area contributed by atoms with E-state index in [2.05, 4.69) is 54.4 Å². The van der Waals surface area contributed by atoms with E-state index in [0.29, 0.717) is 0 Å². The fourth-order valence-corrected chi connectivity index (χ4v) is 2.14. The van der Waals surface area contributed by atoms with Gasteiger partial charge in [0.25, 0.3) is 0 Å². The van der Waals surface area contributed by atoms with E-state index in [4.69, 9.17) is 0 Å². The summed E-state index contributed by atoms with van der Waals surface area (Å²) in [6, 6.07) is 2.89. The normalized spacial score (nSPS) is 15.1. The maximum absolute atomic E-state index is 4.49. The number of pyridine rings is 1. The van der Waals surface area contributed by atoms with E-state index in [-0.39, 0.29) is 0 Å². The molecule has 0 aromatic carbocycles. The van der Waals surface area contributed by atoms with E-state index >= 15 is 0 Å². The molecule has 0 amide bonds. The summed E-state index contributed by atoms with van der Waals surface area (Å²) in [5, 5.41) is 3.48. The zero-order valence-electron chi connectivity index (χ0n) is 11.8. The molecule has 0 radical (unpaired) electrons. The molecular weight excluding hydrogens is 236 g/mol. The Bertz CT molecular complexity index is 487. The van der Waals surface area contributed by atoms with Crippen molar-refractivity contribution >= 4 is 8.07 Å². The first-order valence-electron chi connectivity index (χ1n) is 6.66. The van der Waals surface area contributed by atoms with Crippen LogP contribution in [0.25, 0.3) is 0 Å². The minimum absolute atomic E-state index is 0.735. The lowest BCUT2D eigenvalue weighted by Crippen LogP contribution is -2.17. The lowest BCUT2D eigenvalue weighted by atomic mass is 10.1. The van der Waals surface area contributed by atoms with Crippen molar-refractivity contribution < 1.29 is 0 Å². The van der Waals surface area contributed by atoms with Gasteiger partial charge in [0.05, 0.1) is 5.69 Å². The van der Waals surface area contributed by atoms with Crippen molar-refractivity contribution in [2.75, 3.05) is 0 Å². The third kappa shape index (κ3) is 4.28. The van der Waals surface area contributed by atoms with Crippen molar-refractivity contribution in [2.24, 2.45) is 0 Å². The molecule has 1 aromatic heterocycles. The van der Waals surface area contributed by atoms with E-state index in [9.17, 15) is 0 Å². The van der Waals surface area contributed by atoms with Gasteiger partial charge < -0.3 is 5.32 Å². The summed E-state index contributed by atoms with van der Waals surface area (Å²) in [4.78, 5) is 4.49. The Hall–Kier alpha value is -1.11. The number of aromatic nitrogens is 1. The summed E-state index contributed by atoms with van der Waals surface area (Å²) in [7, 11) is -1.30. The molecule has 0 bridgehead atoms. The Kier molecular flexibility index (Phi) is 3.89. The van der Waals surface area contributed by atoms with E-state index in [1.807, 2.05) is 6.20 Å². The number of nitrogens with one attached hydrogen (secondary N) is 1. The van der Waals surface area contributed by atoms with Crippen molar-refractivity contribution in [1.82, 2.24) is 10.3 Å². The van der Waals surface area contributed by atoms with Crippen LogP contribution in [0.1, 0.15) is 29.7 Å². The SMILES string of the molecule is Cc1cc(CNC2CC2)ncc1C#C[Si](C)(C)C. The van der Waals surface area contributed by atoms with E-state index in [0.717, 1.165) is 23.8 Å². The quantitative estimate of drug-likeness (QED) is 0.666. The van der Waals surface area contributed by atoms with Gasteiger partial charge in [-0.2, -0.15) is 0 Å². The van der Waals surface area contributed by atoms with Crippen molar-refractivity contribution in [3.8, 4) is 11.5 Å². The van der Waals surface area contributed by atoms with Gasteiger partial charge in [-0.25, -0.2) is 0 Å². The van der Waals surface area contributed by atoms with Gasteiger partial charge in [-0.3, -0.25) is 4.98 Å². The first-order chi connectivity index (χ1) is 8.44. The maximum Gasteiger partial charge on any atom is 0.129 e. The van der Waals surface area contributed by atoms with Crippen LogP contribution in [-0.4, -0.2) is 19.1 Å². The summed E-state index contributed by atoms with van der Waals surface area (Å²) in [6.45, 7) is 9.79. The molecule has 0 unspecified atom stereocenters. The van der Waals surface area contributed by atoms with Crippen LogP contribution in [0.4, 0.5) is 0 Å². The van der Waals surface area contributed by atoms with E-state index in [1.165, 1.54) is 18.4 Å². The van der Waals surface area contributed by atoms with Crippen LogP contribution in [0.5, 0.6) is 0 Å². The molecule has 0 saturated heterocycles. The van der Waals surface area contributed by atoms with Crippen molar-refractivity contribution in [2.45, 2.75) is 52.0 Å². The van der Waals surface area contributed by atoms with Crippen LogP contribution in [0.3, 0.4) is 0 Å². The summed E-state index contributed by atoms with van der Waals surface area (Å²) >= 11 is 0. The highest BCUT2D eigenvalue weighted by molar-refractivity contribution is 6.83. The van der Waals surface area contributed by atoms with Crippen LogP contribution in [0, 0.1) is 18.4 Å². The number of hydrogen-bond donors (Lipinski definition) is 1. The average Bonchev–Trinajstić information content (AvgIpc) is 3.07. The minimum atomic E-state index is -1.30. The van der Waals surface area contributed by atoms with Crippen LogP contribution in [0.15, 0.2) is 12.3 Å². The Morgan fingerprint density at radius 3 is 2.67 bits per heavy atom. The van der Waals surface area contributed by atoms with Crippen LogP contribution in [-0.2, 0) is 6.54 Å². The summed E-state index contributed by atoms with van der Waals surface area (Å²) < 4.78 is 0. The summed E-state index contributed by atoms with van der Waals surface area (Å²) in [5.41, 5.74) is 6.83. The highest BCUT2D eigenvalue weighted by atomic mass is 28.3. The standard InChI is InChI=1S/C15H22N2Si/c1-12-9-15(11-17-14-5-6-14)16-10-13(12)7-8-18(2,3)4/h9-10,14,17H,5-6,11H2,1-4H3. The molecule has 2 nitrogen and oxygen atoms in total. The van der Waals surface area contributed by atoms with Gasteiger partial charge >= 0.3 is 0 Å². The molecule has 96 valence electrons. The molecule has 1 aliphatic rings. The molecule has 1 heterocycles. The number of hydrogen-bond acceptors (Lipinski definition) is 2. The second-order valence-electron chi connectivity index (χ2n) is 6.15. The molecule has 1 aliphatic carbocycles. The van der Waals surface area contributed by atoms with Crippen LogP contribution < -0.4 is 5.32 Å². The monoisotopic (exact) mass is 258 g/mol. The van der Waals surface area contributed by atoms with Gasteiger partial charge in [-0.1, -0.05) is 25.6 Å². The smallest absolute Gasteiger partial charge is 0.129 e. The molecule has 3 heteroatoms. The van der Waals surface area contributed by atoms with Gasteiger partial charge in [-0.15, -0.1) is 5.54 Å². The molecule has 1 saturated carbocycles. The molecule has 18 heavy (non-hydrogen) atoms. The number of aryl methyl sites for hydroxylation is 1. The molecule has 0 aliphatic heterocycles. The fourth-order valence-electron chi connectivity index (χ4n) is 1.63. The van der Waals surface area contributed by atoms with Gasteiger partial charge in [-0.05, 0) is 31.4 Å². The lowest BCUT2D eigenvalue weighted by molar-refractivity contribution is 0.674. The Labute approximate surface area is 111 Å². The molecule has 2 rings (SSSR count). The predicted molar refractivity (Wildman–Crippen MR) is 79.1 cm³/mol. The van der Waals surface area contributed by atoms with Gasteiger partial charge in [0, 0.05) is 24.3 Å². The summed E-state index contributed by atoms with van der Waals surface area (Å²) in [5.74, 6) is 3.29.